The third-order valence-corrected chi connectivity index (χ3v) is 5.13. The summed E-state index contributed by atoms with van der Waals surface area (Å²) in [6.45, 7) is 2.32. The van der Waals surface area contributed by atoms with E-state index < -0.39 is 0 Å². The van der Waals surface area contributed by atoms with Crippen molar-refractivity contribution in [3.05, 3.63) is 39.1 Å². The minimum absolute atomic E-state index is 0.756. The highest BCUT2D eigenvalue weighted by Gasteiger charge is 2.16. The first-order chi connectivity index (χ1) is 9.33. The van der Waals surface area contributed by atoms with Crippen LogP contribution >= 0.6 is 27.3 Å². The standard InChI is InChI=1S/C15H17BrN2S/c16-13-6-2-1-5-12(13)14-10-19-15(18-14)8-11-4-3-7-17-9-11/h1-2,5-6,10-11,17H,3-4,7-9H2. The number of thiazole rings is 1. The molecule has 1 N–H and O–H groups in total. The molecule has 2 nitrogen and oxygen atoms in total. The topological polar surface area (TPSA) is 24.9 Å². The Labute approximate surface area is 126 Å². The lowest BCUT2D eigenvalue weighted by Gasteiger charge is -2.21. The smallest absolute Gasteiger partial charge is 0.0935 e. The number of nitrogens with one attached hydrogen (secondary N) is 1. The van der Waals surface area contributed by atoms with E-state index in [2.05, 4.69) is 44.8 Å². The zero-order chi connectivity index (χ0) is 13.1. The van der Waals surface area contributed by atoms with Gasteiger partial charge in [-0.15, -0.1) is 11.3 Å². The average Bonchev–Trinajstić information content (AvgIpc) is 2.89. The molecule has 1 fully saturated rings. The number of aromatic nitrogens is 1. The molecule has 1 saturated heterocycles. The Balaban J connectivity index is 1.74. The van der Waals surface area contributed by atoms with E-state index in [1.54, 1.807) is 11.3 Å². The quantitative estimate of drug-likeness (QED) is 0.912. The average molecular weight is 337 g/mol. The Bertz CT molecular complexity index is 547. The molecule has 2 aromatic rings. The molecule has 1 unspecified atom stereocenters. The number of piperidine rings is 1. The zero-order valence-corrected chi connectivity index (χ0v) is 13.1. The van der Waals surface area contributed by atoms with Crippen molar-refractivity contribution in [1.29, 1.82) is 0 Å². The molecule has 1 atom stereocenters. The van der Waals surface area contributed by atoms with Gasteiger partial charge in [-0.3, -0.25) is 0 Å². The van der Waals surface area contributed by atoms with Crippen molar-refractivity contribution in [3.8, 4) is 11.3 Å². The van der Waals surface area contributed by atoms with Crippen LogP contribution in [0.5, 0.6) is 0 Å². The van der Waals surface area contributed by atoms with E-state index in [0.29, 0.717) is 0 Å². The van der Waals surface area contributed by atoms with Gasteiger partial charge in [0.05, 0.1) is 10.7 Å². The number of benzene rings is 1. The van der Waals surface area contributed by atoms with Crippen LogP contribution in [0.25, 0.3) is 11.3 Å². The molecule has 0 bridgehead atoms. The summed E-state index contributed by atoms with van der Waals surface area (Å²) in [5, 5.41) is 6.91. The molecule has 100 valence electrons. The lowest BCUT2D eigenvalue weighted by molar-refractivity contribution is 0.376. The lowest BCUT2D eigenvalue weighted by atomic mass is 9.97. The highest BCUT2D eigenvalue weighted by molar-refractivity contribution is 9.10. The minimum atomic E-state index is 0.756. The largest absolute Gasteiger partial charge is 0.316 e. The summed E-state index contributed by atoms with van der Waals surface area (Å²) < 4.78 is 1.12. The Morgan fingerprint density at radius 2 is 2.26 bits per heavy atom. The van der Waals surface area contributed by atoms with Crippen LogP contribution in [-0.2, 0) is 6.42 Å². The van der Waals surface area contributed by atoms with Crippen LogP contribution in [-0.4, -0.2) is 18.1 Å². The van der Waals surface area contributed by atoms with Crippen LogP contribution in [0.4, 0.5) is 0 Å². The molecule has 19 heavy (non-hydrogen) atoms. The molecule has 0 radical (unpaired) electrons. The van der Waals surface area contributed by atoms with Gasteiger partial charge in [0.2, 0.25) is 0 Å². The summed E-state index contributed by atoms with van der Waals surface area (Å²) in [6.07, 6.45) is 3.74. The number of hydrogen-bond donors (Lipinski definition) is 1. The van der Waals surface area contributed by atoms with Gasteiger partial charge in [-0.05, 0) is 37.9 Å². The maximum absolute atomic E-state index is 4.80. The van der Waals surface area contributed by atoms with Gasteiger partial charge in [-0.1, -0.05) is 34.1 Å². The fourth-order valence-electron chi connectivity index (χ4n) is 2.54. The van der Waals surface area contributed by atoms with Crippen LogP contribution in [0.2, 0.25) is 0 Å². The maximum Gasteiger partial charge on any atom is 0.0935 e. The summed E-state index contributed by atoms with van der Waals surface area (Å²) in [7, 11) is 0. The third-order valence-electron chi connectivity index (χ3n) is 3.56. The predicted octanol–water partition coefficient (Wildman–Crippen LogP) is 4.11. The first-order valence-corrected chi connectivity index (χ1v) is 8.40. The van der Waals surface area contributed by atoms with Crippen LogP contribution < -0.4 is 5.32 Å². The van der Waals surface area contributed by atoms with Crippen LogP contribution in [0.15, 0.2) is 34.1 Å². The minimum Gasteiger partial charge on any atom is -0.316 e. The van der Waals surface area contributed by atoms with E-state index in [9.17, 15) is 0 Å². The van der Waals surface area contributed by atoms with Gasteiger partial charge in [0.25, 0.3) is 0 Å². The first-order valence-electron chi connectivity index (χ1n) is 6.73. The summed E-state index contributed by atoms with van der Waals surface area (Å²) >= 11 is 5.38. The van der Waals surface area contributed by atoms with E-state index in [1.165, 1.54) is 30.0 Å². The zero-order valence-electron chi connectivity index (χ0n) is 10.7. The van der Waals surface area contributed by atoms with Crippen LogP contribution in [0, 0.1) is 5.92 Å². The van der Waals surface area contributed by atoms with Crippen molar-refractivity contribution in [2.75, 3.05) is 13.1 Å². The van der Waals surface area contributed by atoms with Crippen molar-refractivity contribution in [2.24, 2.45) is 5.92 Å². The molecule has 1 aliphatic heterocycles. The van der Waals surface area contributed by atoms with Gasteiger partial charge in [0.1, 0.15) is 0 Å². The summed E-state index contributed by atoms with van der Waals surface area (Å²) in [4.78, 5) is 4.80. The molecule has 2 heterocycles. The summed E-state index contributed by atoms with van der Waals surface area (Å²) in [5.41, 5.74) is 2.28. The fraction of sp³-hybridized carbons (Fsp3) is 0.400. The molecule has 0 aliphatic carbocycles. The van der Waals surface area contributed by atoms with Crippen molar-refractivity contribution in [2.45, 2.75) is 19.3 Å². The normalized spacial score (nSPS) is 19.5. The van der Waals surface area contributed by atoms with Crippen molar-refractivity contribution in [3.63, 3.8) is 0 Å². The number of hydrogen-bond acceptors (Lipinski definition) is 3. The van der Waals surface area contributed by atoms with Crippen LogP contribution in [0.3, 0.4) is 0 Å². The third kappa shape index (κ3) is 3.25. The Kier molecular flexibility index (Phi) is 4.31. The second-order valence-electron chi connectivity index (χ2n) is 5.02. The van der Waals surface area contributed by atoms with Gasteiger partial charge < -0.3 is 5.32 Å². The second kappa shape index (κ2) is 6.16. The van der Waals surface area contributed by atoms with E-state index >= 15 is 0 Å². The SMILES string of the molecule is Brc1ccccc1-c1csc(CC2CCCNC2)n1. The molecule has 1 aromatic carbocycles. The Morgan fingerprint density at radius 1 is 1.37 bits per heavy atom. The van der Waals surface area contributed by atoms with Crippen molar-refractivity contribution < 1.29 is 0 Å². The van der Waals surface area contributed by atoms with E-state index in [0.717, 1.165) is 29.1 Å². The van der Waals surface area contributed by atoms with Gasteiger partial charge in [-0.25, -0.2) is 4.98 Å². The summed E-state index contributed by atoms with van der Waals surface area (Å²) in [6, 6.07) is 8.28. The van der Waals surface area contributed by atoms with E-state index in [1.807, 2.05) is 6.07 Å². The predicted molar refractivity (Wildman–Crippen MR) is 84.5 cm³/mol. The summed E-state index contributed by atoms with van der Waals surface area (Å²) in [5.74, 6) is 0.756. The monoisotopic (exact) mass is 336 g/mol. The molecular weight excluding hydrogens is 320 g/mol. The molecule has 1 aliphatic rings. The lowest BCUT2D eigenvalue weighted by Crippen LogP contribution is -2.30. The number of rotatable bonds is 3. The van der Waals surface area contributed by atoms with E-state index in [4.69, 9.17) is 4.98 Å². The number of halogens is 1. The number of nitrogens with zero attached hydrogens (tertiary/aromatic N) is 1. The molecule has 1 aromatic heterocycles. The highest BCUT2D eigenvalue weighted by atomic mass is 79.9. The highest BCUT2D eigenvalue weighted by Crippen LogP contribution is 2.30. The van der Waals surface area contributed by atoms with Gasteiger partial charge in [0.15, 0.2) is 0 Å². The molecule has 0 saturated carbocycles. The molecule has 3 rings (SSSR count). The maximum atomic E-state index is 4.80. The first kappa shape index (κ1) is 13.3. The van der Waals surface area contributed by atoms with E-state index in [-0.39, 0.29) is 0 Å². The van der Waals surface area contributed by atoms with Gasteiger partial charge in [0, 0.05) is 21.8 Å². The second-order valence-corrected chi connectivity index (χ2v) is 6.82. The Hall–Kier alpha value is -0.710. The van der Waals surface area contributed by atoms with Crippen molar-refractivity contribution >= 4 is 27.3 Å². The van der Waals surface area contributed by atoms with Gasteiger partial charge >= 0.3 is 0 Å². The fourth-order valence-corrected chi connectivity index (χ4v) is 3.94. The molecule has 4 heteroatoms. The molecule has 0 amide bonds. The van der Waals surface area contributed by atoms with Gasteiger partial charge in [-0.2, -0.15) is 0 Å². The van der Waals surface area contributed by atoms with Crippen molar-refractivity contribution in [1.82, 2.24) is 10.3 Å². The Morgan fingerprint density at radius 3 is 3.05 bits per heavy atom. The molecular formula is C15H17BrN2S. The molecule has 0 spiro atoms. The van der Waals surface area contributed by atoms with Crippen LogP contribution in [0.1, 0.15) is 17.8 Å².